The van der Waals surface area contributed by atoms with Gasteiger partial charge in [-0.2, -0.15) is 0 Å². The number of carboxylic acids is 1. The lowest BCUT2D eigenvalue weighted by atomic mass is 10.2. The van der Waals surface area contributed by atoms with E-state index in [2.05, 4.69) is 4.72 Å². The molecule has 9 heteroatoms. The van der Waals surface area contributed by atoms with Crippen LogP contribution in [0.25, 0.3) is 0 Å². The molecule has 2 N–H and O–H groups in total. The third kappa shape index (κ3) is 3.50. The Labute approximate surface area is 125 Å². The Balaban J connectivity index is 1.95. The maximum atomic E-state index is 12.0. The second-order valence-electron chi connectivity index (χ2n) is 4.54. The highest BCUT2D eigenvalue weighted by molar-refractivity contribution is 7.91. The summed E-state index contributed by atoms with van der Waals surface area (Å²) >= 11 is 6.84. The fourth-order valence-electron chi connectivity index (χ4n) is 1.88. The Morgan fingerprint density at radius 1 is 1.60 bits per heavy atom. The molecule has 1 aliphatic heterocycles. The van der Waals surface area contributed by atoms with E-state index in [0.29, 0.717) is 22.7 Å². The van der Waals surface area contributed by atoms with Crippen molar-refractivity contribution in [2.75, 3.05) is 6.54 Å². The van der Waals surface area contributed by atoms with E-state index in [-0.39, 0.29) is 10.8 Å². The molecule has 0 radical (unpaired) electrons. The van der Waals surface area contributed by atoms with E-state index < -0.39 is 28.2 Å². The normalized spacial score (nSPS) is 23.1. The van der Waals surface area contributed by atoms with Crippen molar-refractivity contribution in [1.29, 1.82) is 0 Å². The van der Waals surface area contributed by atoms with Crippen LogP contribution < -0.4 is 4.72 Å². The molecule has 0 amide bonds. The summed E-state index contributed by atoms with van der Waals surface area (Å²) in [6, 6.07) is 1.50. The van der Waals surface area contributed by atoms with Crippen LogP contribution in [0.15, 0.2) is 10.3 Å². The number of halogens is 1. The van der Waals surface area contributed by atoms with E-state index in [9.17, 15) is 13.2 Å². The van der Waals surface area contributed by atoms with Crippen molar-refractivity contribution >= 4 is 38.9 Å². The van der Waals surface area contributed by atoms with Crippen LogP contribution in [-0.2, 0) is 19.6 Å². The van der Waals surface area contributed by atoms with E-state index in [1.54, 1.807) is 6.92 Å². The third-order valence-electron chi connectivity index (χ3n) is 2.98. The SMILES string of the molecule is Cc1cc(S(=O)(=O)NCC2CCC(C(=O)O)O2)sc1Cl. The summed E-state index contributed by atoms with van der Waals surface area (Å²) in [4.78, 5) is 10.7. The quantitative estimate of drug-likeness (QED) is 0.850. The minimum atomic E-state index is -3.63. The maximum Gasteiger partial charge on any atom is 0.332 e. The lowest BCUT2D eigenvalue weighted by Gasteiger charge is -2.11. The topological polar surface area (TPSA) is 92.7 Å². The second kappa shape index (κ2) is 5.98. The molecule has 1 saturated heterocycles. The molecule has 2 atom stereocenters. The fourth-order valence-corrected chi connectivity index (χ4v) is 4.69. The number of rotatable bonds is 5. The van der Waals surface area contributed by atoms with Crippen molar-refractivity contribution in [2.45, 2.75) is 36.2 Å². The van der Waals surface area contributed by atoms with Gasteiger partial charge in [0.05, 0.1) is 10.4 Å². The summed E-state index contributed by atoms with van der Waals surface area (Å²) in [6.07, 6.45) is -0.347. The second-order valence-corrected chi connectivity index (χ2v) is 8.18. The van der Waals surface area contributed by atoms with Crippen molar-refractivity contribution < 1.29 is 23.1 Å². The highest BCUT2D eigenvalue weighted by Crippen LogP contribution is 2.30. The molecule has 1 aliphatic rings. The Morgan fingerprint density at radius 3 is 2.80 bits per heavy atom. The van der Waals surface area contributed by atoms with Gasteiger partial charge in [0.2, 0.25) is 10.0 Å². The summed E-state index contributed by atoms with van der Waals surface area (Å²) < 4.78 is 32.3. The number of carbonyl (C=O) groups is 1. The molecule has 0 aromatic carbocycles. The first-order valence-electron chi connectivity index (χ1n) is 5.93. The van der Waals surface area contributed by atoms with Crippen LogP contribution >= 0.6 is 22.9 Å². The van der Waals surface area contributed by atoms with Gasteiger partial charge in [-0.15, -0.1) is 11.3 Å². The van der Waals surface area contributed by atoms with Crippen molar-refractivity contribution in [1.82, 2.24) is 4.72 Å². The number of hydrogen-bond donors (Lipinski definition) is 2. The minimum Gasteiger partial charge on any atom is -0.479 e. The van der Waals surface area contributed by atoms with Crippen LogP contribution in [0.1, 0.15) is 18.4 Å². The summed E-state index contributed by atoms with van der Waals surface area (Å²) in [6.45, 7) is 1.79. The number of carboxylic acid groups (broad SMARTS) is 1. The van der Waals surface area contributed by atoms with Gasteiger partial charge in [0.25, 0.3) is 0 Å². The molecule has 0 saturated carbocycles. The molecule has 0 aliphatic carbocycles. The van der Waals surface area contributed by atoms with Crippen LogP contribution in [0, 0.1) is 6.92 Å². The largest absolute Gasteiger partial charge is 0.479 e. The molecule has 2 rings (SSSR count). The molecule has 1 aromatic heterocycles. The average molecular weight is 340 g/mol. The molecular weight excluding hydrogens is 326 g/mol. The summed E-state index contributed by atoms with van der Waals surface area (Å²) in [5.41, 5.74) is 0.708. The number of hydrogen-bond acceptors (Lipinski definition) is 5. The van der Waals surface area contributed by atoms with Gasteiger partial charge in [-0.1, -0.05) is 11.6 Å². The highest BCUT2D eigenvalue weighted by Gasteiger charge is 2.31. The van der Waals surface area contributed by atoms with E-state index >= 15 is 0 Å². The molecule has 0 spiro atoms. The fraction of sp³-hybridized carbons (Fsp3) is 0.545. The molecule has 1 fully saturated rings. The minimum absolute atomic E-state index is 0.0562. The average Bonchev–Trinajstić information content (AvgIpc) is 2.95. The molecule has 112 valence electrons. The van der Waals surface area contributed by atoms with Gasteiger partial charge in [0.15, 0.2) is 6.10 Å². The van der Waals surface area contributed by atoms with Crippen LogP contribution in [-0.4, -0.2) is 38.2 Å². The first-order valence-corrected chi connectivity index (χ1v) is 8.61. The number of nitrogens with one attached hydrogen (secondary N) is 1. The van der Waals surface area contributed by atoms with Gasteiger partial charge in [-0.25, -0.2) is 17.9 Å². The molecule has 2 unspecified atom stereocenters. The standard InChI is InChI=1S/C11H14ClNO5S2/c1-6-4-9(19-10(6)12)20(16,17)13-5-7-2-3-8(18-7)11(14)15/h4,7-8,13H,2-3,5H2,1H3,(H,14,15). The van der Waals surface area contributed by atoms with E-state index in [4.69, 9.17) is 21.4 Å². The zero-order valence-electron chi connectivity index (χ0n) is 10.6. The number of thiophene rings is 1. The van der Waals surface area contributed by atoms with Gasteiger partial charge in [0.1, 0.15) is 4.21 Å². The van der Waals surface area contributed by atoms with Gasteiger partial charge >= 0.3 is 5.97 Å². The van der Waals surface area contributed by atoms with Gasteiger partial charge in [-0.3, -0.25) is 0 Å². The van der Waals surface area contributed by atoms with E-state index in [1.165, 1.54) is 6.07 Å². The zero-order valence-corrected chi connectivity index (χ0v) is 13.0. The predicted octanol–water partition coefficient (Wildman–Crippen LogP) is 1.62. The van der Waals surface area contributed by atoms with Gasteiger partial charge in [-0.05, 0) is 31.4 Å². The van der Waals surface area contributed by atoms with Gasteiger partial charge < -0.3 is 9.84 Å². The van der Waals surface area contributed by atoms with E-state index in [0.717, 1.165) is 11.3 Å². The molecule has 1 aromatic rings. The van der Waals surface area contributed by atoms with Crippen LogP contribution in [0.4, 0.5) is 0 Å². The summed E-state index contributed by atoms with van der Waals surface area (Å²) in [7, 11) is -3.63. The van der Waals surface area contributed by atoms with Crippen molar-refractivity contribution in [3.8, 4) is 0 Å². The number of ether oxygens (including phenoxy) is 1. The molecular formula is C11H14ClNO5S2. The Morgan fingerprint density at radius 2 is 2.30 bits per heavy atom. The molecule has 20 heavy (non-hydrogen) atoms. The van der Waals surface area contributed by atoms with Crippen molar-refractivity contribution in [3.05, 3.63) is 16.0 Å². The maximum absolute atomic E-state index is 12.0. The summed E-state index contributed by atoms with van der Waals surface area (Å²) in [5, 5.41) is 8.79. The number of sulfonamides is 1. The van der Waals surface area contributed by atoms with Crippen molar-refractivity contribution in [3.63, 3.8) is 0 Å². The smallest absolute Gasteiger partial charge is 0.332 e. The lowest BCUT2D eigenvalue weighted by molar-refractivity contribution is -0.149. The van der Waals surface area contributed by atoms with Crippen LogP contribution in [0.2, 0.25) is 4.34 Å². The van der Waals surface area contributed by atoms with E-state index in [1.807, 2.05) is 0 Å². The van der Waals surface area contributed by atoms with Gasteiger partial charge in [0, 0.05) is 6.54 Å². The Kier molecular flexibility index (Phi) is 4.70. The molecule has 0 bridgehead atoms. The predicted molar refractivity (Wildman–Crippen MR) is 74.8 cm³/mol. The highest BCUT2D eigenvalue weighted by atomic mass is 35.5. The third-order valence-corrected chi connectivity index (χ3v) is 6.44. The first kappa shape index (κ1) is 15.7. The monoisotopic (exact) mass is 339 g/mol. The number of aryl methyl sites for hydroxylation is 1. The number of aliphatic carboxylic acids is 1. The Bertz CT molecular complexity index is 593. The Hall–Kier alpha value is -0.670. The lowest BCUT2D eigenvalue weighted by Crippen LogP contribution is -2.32. The molecule has 2 heterocycles. The molecule has 6 nitrogen and oxygen atoms in total. The summed E-state index contributed by atoms with van der Waals surface area (Å²) in [5.74, 6) is -1.02. The first-order chi connectivity index (χ1) is 9.29. The van der Waals surface area contributed by atoms with Crippen LogP contribution in [0.5, 0.6) is 0 Å². The van der Waals surface area contributed by atoms with Crippen molar-refractivity contribution in [2.24, 2.45) is 0 Å². The zero-order chi connectivity index (χ0) is 14.9. The van der Waals surface area contributed by atoms with Crippen LogP contribution in [0.3, 0.4) is 0 Å².